The summed E-state index contributed by atoms with van der Waals surface area (Å²) in [7, 11) is 2.35. The first-order valence-corrected chi connectivity index (χ1v) is 2.67. The number of carbonyl (C=O) groups is 1. The van der Waals surface area contributed by atoms with Gasteiger partial charge in [0.25, 0.3) is 0 Å². The van der Waals surface area contributed by atoms with E-state index in [9.17, 15) is 4.79 Å². The van der Waals surface area contributed by atoms with Crippen LogP contribution in [0.5, 0.6) is 0 Å². The van der Waals surface area contributed by atoms with Crippen LogP contribution in [0, 0.1) is 0 Å². The lowest BCUT2D eigenvalue weighted by molar-refractivity contribution is -0.132. The van der Waals surface area contributed by atoms with E-state index in [1.807, 2.05) is 0 Å². The van der Waals surface area contributed by atoms with Crippen LogP contribution in [-0.4, -0.2) is 17.9 Å². The van der Waals surface area contributed by atoms with E-state index in [1.165, 1.54) is 0 Å². The summed E-state index contributed by atoms with van der Waals surface area (Å²) in [6.45, 7) is 0.567. The lowest BCUT2D eigenvalue weighted by Crippen LogP contribution is -2.00. The summed E-state index contributed by atoms with van der Waals surface area (Å²) < 4.78 is 4.57. The topological polar surface area (TPSA) is 26.3 Å². The third-order valence-electron chi connectivity index (χ3n) is 0.867. The van der Waals surface area contributed by atoms with Crippen LogP contribution in [0.1, 0.15) is 6.42 Å². The van der Waals surface area contributed by atoms with E-state index in [2.05, 4.69) is 13.6 Å². The molecular weight excluding hydrogens is 111 g/mol. The summed E-state index contributed by atoms with van der Waals surface area (Å²) in [5.41, 5.74) is 0. The van der Waals surface area contributed by atoms with Crippen molar-refractivity contribution in [1.82, 2.24) is 0 Å². The van der Waals surface area contributed by atoms with E-state index in [-0.39, 0.29) is 5.97 Å². The van der Waals surface area contributed by atoms with Crippen LogP contribution < -0.4 is 0 Å². The minimum Gasteiger partial charge on any atom is -0.459 e. The Kier molecular flexibility index (Phi) is 1.11. The van der Waals surface area contributed by atoms with E-state index in [1.54, 1.807) is 0 Å². The summed E-state index contributed by atoms with van der Waals surface area (Å²) in [5.74, 6) is -0.162. The molecule has 1 heterocycles. The highest BCUT2D eigenvalue weighted by atomic mass is 31.0. The highest BCUT2D eigenvalue weighted by molar-refractivity contribution is 7.25. The Morgan fingerprint density at radius 1 is 1.71 bits per heavy atom. The monoisotopic (exact) mass is 117 g/mol. The van der Waals surface area contributed by atoms with Gasteiger partial charge in [0.1, 0.15) is 0 Å². The fourth-order valence-electron chi connectivity index (χ4n) is 0.448. The minimum atomic E-state index is -0.162. The van der Waals surface area contributed by atoms with Gasteiger partial charge in [-0.25, -0.2) is 4.79 Å². The predicted molar refractivity (Wildman–Crippen MR) is 30.3 cm³/mol. The first-order chi connectivity index (χ1) is 3.30. The average Bonchev–Trinajstić information content (AvgIpc) is 1.91. The summed E-state index contributed by atoms with van der Waals surface area (Å²) >= 11 is 0. The van der Waals surface area contributed by atoms with Gasteiger partial charge in [0.2, 0.25) is 5.29 Å². The van der Waals surface area contributed by atoms with Crippen molar-refractivity contribution in [3.63, 3.8) is 0 Å². The van der Waals surface area contributed by atoms with Gasteiger partial charge in [-0.2, -0.15) is 0 Å². The molecular formula is C4H6O2P+. The van der Waals surface area contributed by atoms with Crippen molar-refractivity contribution in [3.05, 3.63) is 0 Å². The first kappa shape index (κ1) is 4.79. The van der Waals surface area contributed by atoms with Gasteiger partial charge in [0.05, 0.1) is 21.9 Å². The Hall–Kier alpha value is -0.360. The van der Waals surface area contributed by atoms with E-state index < -0.39 is 0 Å². The lowest BCUT2D eigenvalue weighted by Gasteiger charge is -1.79. The molecule has 0 saturated carbocycles. The largest absolute Gasteiger partial charge is 0.459 e. The second-order valence-electron chi connectivity index (χ2n) is 1.41. The molecule has 0 N–H and O–H groups in total. The molecule has 1 atom stereocenters. The number of hydrogen-bond acceptors (Lipinski definition) is 2. The average molecular weight is 117 g/mol. The Bertz CT molecular complexity index is 105. The Morgan fingerprint density at radius 2 is 2.43 bits per heavy atom. The number of cyclic esters (lactones) is 1. The van der Waals surface area contributed by atoms with Crippen LogP contribution >= 0.6 is 8.86 Å². The van der Waals surface area contributed by atoms with Crippen molar-refractivity contribution in [2.24, 2.45) is 0 Å². The standard InChI is InChI=1S/C4H5O2P/c5-4-3(7)1-2-6-4/h7H,1-2H2/p+1. The molecule has 0 aliphatic carbocycles. The normalized spacial score (nSPS) is 20.0. The van der Waals surface area contributed by atoms with Crippen molar-refractivity contribution < 1.29 is 9.53 Å². The summed E-state index contributed by atoms with van der Waals surface area (Å²) in [6.07, 6.45) is 0.781. The smallest absolute Gasteiger partial charge is 0.376 e. The van der Waals surface area contributed by atoms with Gasteiger partial charge in [-0.3, -0.25) is 0 Å². The van der Waals surface area contributed by atoms with E-state index >= 15 is 0 Å². The van der Waals surface area contributed by atoms with Crippen LogP contribution in [0.3, 0.4) is 0 Å². The molecule has 0 aromatic carbocycles. The van der Waals surface area contributed by atoms with Gasteiger partial charge in [0.15, 0.2) is 0 Å². The SMILES string of the molecule is O=C1OCCC1=[PH2+]. The molecule has 0 aromatic heterocycles. The molecule has 2 nitrogen and oxygen atoms in total. The van der Waals surface area contributed by atoms with Crippen LogP contribution in [0.25, 0.3) is 0 Å². The molecule has 0 amide bonds. The molecule has 0 radical (unpaired) electrons. The number of carbonyl (C=O) groups excluding carboxylic acids is 1. The molecule has 3 heteroatoms. The number of ether oxygens (including phenoxy) is 1. The highest BCUT2D eigenvalue weighted by Gasteiger charge is 2.21. The predicted octanol–water partition coefficient (Wildman–Crippen LogP) is -0.0192. The molecule has 0 spiro atoms. The molecule has 38 valence electrons. The molecule has 1 unspecified atom stereocenters. The maximum Gasteiger partial charge on any atom is 0.376 e. The zero-order valence-corrected chi connectivity index (χ0v) is 4.96. The van der Waals surface area contributed by atoms with Gasteiger partial charge < -0.3 is 4.74 Å². The fourth-order valence-corrected chi connectivity index (χ4v) is 0.650. The highest BCUT2D eigenvalue weighted by Crippen LogP contribution is 2.01. The quantitative estimate of drug-likeness (QED) is 0.329. The van der Waals surface area contributed by atoms with Crippen molar-refractivity contribution in [2.45, 2.75) is 6.42 Å². The zero-order chi connectivity index (χ0) is 5.28. The summed E-state index contributed by atoms with van der Waals surface area (Å²) in [5, 5.41) is 0.764. The molecule has 7 heavy (non-hydrogen) atoms. The van der Waals surface area contributed by atoms with Crippen molar-refractivity contribution >= 4 is 20.1 Å². The van der Waals surface area contributed by atoms with Crippen molar-refractivity contribution in [2.75, 3.05) is 6.61 Å². The van der Waals surface area contributed by atoms with Crippen LogP contribution in [0.2, 0.25) is 0 Å². The molecule has 1 aliphatic rings. The Balaban J connectivity index is 2.65. The Morgan fingerprint density at radius 3 is 2.57 bits per heavy atom. The van der Waals surface area contributed by atoms with Crippen LogP contribution in [0.4, 0.5) is 0 Å². The van der Waals surface area contributed by atoms with Crippen LogP contribution in [0.15, 0.2) is 0 Å². The Labute approximate surface area is 43.7 Å². The number of esters is 1. The summed E-state index contributed by atoms with van der Waals surface area (Å²) in [4.78, 5) is 10.3. The number of rotatable bonds is 0. The van der Waals surface area contributed by atoms with Gasteiger partial charge >= 0.3 is 5.97 Å². The second kappa shape index (κ2) is 1.63. The van der Waals surface area contributed by atoms with Gasteiger partial charge in [0, 0.05) is 0 Å². The first-order valence-electron chi connectivity index (χ1n) is 2.09. The van der Waals surface area contributed by atoms with Gasteiger partial charge in [-0.1, -0.05) is 0 Å². The maximum atomic E-state index is 10.3. The molecule has 1 aliphatic heterocycles. The van der Waals surface area contributed by atoms with Crippen molar-refractivity contribution in [1.29, 1.82) is 0 Å². The van der Waals surface area contributed by atoms with Crippen LogP contribution in [-0.2, 0) is 9.53 Å². The third-order valence-corrected chi connectivity index (χ3v) is 1.39. The maximum absolute atomic E-state index is 10.3. The molecule has 1 rings (SSSR count). The second-order valence-corrected chi connectivity index (χ2v) is 2.11. The molecule has 1 fully saturated rings. The van der Waals surface area contributed by atoms with E-state index in [0.29, 0.717) is 6.61 Å². The summed E-state index contributed by atoms with van der Waals surface area (Å²) in [6, 6.07) is 0. The molecule has 0 bridgehead atoms. The van der Waals surface area contributed by atoms with E-state index in [0.717, 1.165) is 11.7 Å². The zero-order valence-electron chi connectivity index (χ0n) is 3.81. The minimum absolute atomic E-state index is 0.162. The van der Waals surface area contributed by atoms with Crippen molar-refractivity contribution in [3.8, 4) is 0 Å². The molecule has 1 saturated heterocycles. The molecule has 0 aromatic rings. The fraction of sp³-hybridized carbons (Fsp3) is 0.500. The van der Waals surface area contributed by atoms with Gasteiger partial charge in [-0.05, 0) is 0 Å². The number of hydrogen-bond donors (Lipinski definition) is 0. The van der Waals surface area contributed by atoms with E-state index in [4.69, 9.17) is 0 Å². The third kappa shape index (κ3) is 0.804. The van der Waals surface area contributed by atoms with Gasteiger partial charge in [-0.15, -0.1) is 0 Å². The lowest BCUT2D eigenvalue weighted by atomic mass is 10.4.